The van der Waals surface area contributed by atoms with Gasteiger partial charge >= 0.3 is 0 Å². The highest BCUT2D eigenvalue weighted by Crippen LogP contribution is 2.25. The van der Waals surface area contributed by atoms with Crippen LogP contribution in [0.1, 0.15) is 11.4 Å². The molecule has 4 heteroatoms. The maximum Gasteiger partial charge on any atom is 0.168 e. The minimum Gasteiger partial charge on any atom is -0.278 e. The Morgan fingerprint density at radius 3 is 2.35 bits per heavy atom. The first-order valence-electron chi connectivity index (χ1n) is 6.43. The van der Waals surface area contributed by atoms with E-state index in [2.05, 4.69) is 29.3 Å². The lowest BCUT2D eigenvalue weighted by Crippen LogP contribution is -2.02. The summed E-state index contributed by atoms with van der Waals surface area (Å²) < 4.78 is 2.01. The van der Waals surface area contributed by atoms with E-state index < -0.39 is 0 Å². The molecule has 0 spiro atoms. The summed E-state index contributed by atoms with van der Waals surface area (Å²) in [6.07, 6.45) is 0. The molecule has 0 saturated carbocycles. The summed E-state index contributed by atoms with van der Waals surface area (Å²) >= 11 is 6.00. The smallest absolute Gasteiger partial charge is 0.168 e. The fraction of sp³-hybridized carbons (Fsp3) is 0.125. The van der Waals surface area contributed by atoms with E-state index in [4.69, 9.17) is 11.6 Å². The first-order chi connectivity index (χ1) is 9.81. The molecule has 0 N–H and O–H groups in total. The summed E-state index contributed by atoms with van der Waals surface area (Å²) in [6, 6.07) is 18.2. The Morgan fingerprint density at radius 2 is 1.65 bits per heavy atom. The van der Waals surface area contributed by atoms with Crippen LogP contribution in [0.25, 0.3) is 17.1 Å². The number of para-hydroxylation sites is 1. The van der Waals surface area contributed by atoms with Gasteiger partial charge < -0.3 is 0 Å². The Morgan fingerprint density at radius 1 is 0.950 bits per heavy atom. The van der Waals surface area contributed by atoms with Crippen LogP contribution >= 0.6 is 11.6 Å². The lowest BCUT2D eigenvalue weighted by Gasteiger charge is -2.10. The quantitative estimate of drug-likeness (QED) is 0.681. The largest absolute Gasteiger partial charge is 0.278 e. The van der Waals surface area contributed by atoms with Gasteiger partial charge in [-0.05, 0) is 24.6 Å². The van der Waals surface area contributed by atoms with Crippen LogP contribution in [0.4, 0.5) is 0 Å². The molecule has 0 fully saturated rings. The van der Waals surface area contributed by atoms with Crippen molar-refractivity contribution in [3.05, 3.63) is 66.0 Å². The summed E-state index contributed by atoms with van der Waals surface area (Å²) in [5, 5.41) is 8.53. The molecular weight excluding hydrogens is 270 g/mol. The molecule has 100 valence electrons. The van der Waals surface area contributed by atoms with Gasteiger partial charge in [0.1, 0.15) is 0 Å². The highest BCUT2D eigenvalue weighted by Gasteiger charge is 2.15. The van der Waals surface area contributed by atoms with Crippen molar-refractivity contribution in [1.82, 2.24) is 14.8 Å². The van der Waals surface area contributed by atoms with E-state index in [1.54, 1.807) is 0 Å². The predicted octanol–water partition coefficient (Wildman–Crippen LogP) is 3.98. The molecule has 0 aliphatic heterocycles. The molecule has 3 aromatic rings. The molecule has 0 amide bonds. The molecule has 2 aromatic carbocycles. The molecule has 3 nitrogen and oxygen atoms in total. The molecule has 0 unspecified atom stereocenters. The van der Waals surface area contributed by atoms with Crippen molar-refractivity contribution in [1.29, 1.82) is 0 Å². The summed E-state index contributed by atoms with van der Waals surface area (Å²) in [6.45, 7) is 2.07. The molecule has 0 aliphatic carbocycles. The van der Waals surface area contributed by atoms with E-state index in [1.165, 1.54) is 5.56 Å². The monoisotopic (exact) mass is 283 g/mol. The number of hydrogen-bond acceptors (Lipinski definition) is 2. The van der Waals surface area contributed by atoms with Crippen LogP contribution in [0, 0.1) is 6.92 Å². The molecule has 1 aromatic heterocycles. The second-order valence-corrected chi connectivity index (χ2v) is 4.83. The van der Waals surface area contributed by atoms with Crippen LogP contribution in [0.15, 0.2) is 54.6 Å². The number of halogens is 1. The zero-order chi connectivity index (χ0) is 13.9. The second kappa shape index (κ2) is 5.47. The minimum atomic E-state index is 0.327. The van der Waals surface area contributed by atoms with Crippen LogP contribution in [0.2, 0.25) is 0 Å². The van der Waals surface area contributed by atoms with Crippen molar-refractivity contribution in [2.75, 3.05) is 0 Å². The maximum absolute atomic E-state index is 6.00. The Labute approximate surface area is 122 Å². The molecule has 0 bridgehead atoms. The highest BCUT2D eigenvalue weighted by atomic mass is 35.5. The Hall–Kier alpha value is -2.13. The van der Waals surface area contributed by atoms with Gasteiger partial charge in [-0.3, -0.25) is 4.57 Å². The van der Waals surface area contributed by atoms with Crippen LogP contribution < -0.4 is 0 Å². The summed E-state index contributed by atoms with van der Waals surface area (Å²) in [5.41, 5.74) is 3.25. The maximum atomic E-state index is 6.00. The summed E-state index contributed by atoms with van der Waals surface area (Å²) in [5.74, 6) is 1.90. The van der Waals surface area contributed by atoms with Gasteiger partial charge in [-0.15, -0.1) is 21.8 Å². The van der Waals surface area contributed by atoms with Crippen LogP contribution in [-0.4, -0.2) is 14.8 Å². The van der Waals surface area contributed by atoms with Crippen LogP contribution in [0.3, 0.4) is 0 Å². The standard InChI is InChI=1S/C16H14ClN3/c1-12-7-5-6-10-14(12)16-19-18-15(11-17)20(16)13-8-3-2-4-9-13/h2-10H,11H2,1H3. The molecule has 20 heavy (non-hydrogen) atoms. The van der Waals surface area contributed by atoms with Gasteiger partial charge in [0, 0.05) is 11.3 Å². The van der Waals surface area contributed by atoms with E-state index in [9.17, 15) is 0 Å². The second-order valence-electron chi connectivity index (χ2n) is 4.56. The van der Waals surface area contributed by atoms with E-state index >= 15 is 0 Å². The van der Waals surface area contributed by atoms with E-state index in [0.717, 1.165) is 22.9 Å². The summed E-state index contributed by atoms with van der Waals surface area (Å²) in [4.78, 5) is 0. The molecular formula is C16H14ClN3. The lowest BCUT2D eigenvalue weighted by atomic mass is 10.1. The molecule has 0 atom stereocenters. The molecule has 1 heterocycles. The third-order valence-electron chi connectivity index (χ3n) is 3.25. The summed E-state index contributed by atoms with van der Waals surface area (Å²) in [7, 11) is 0. The van der Waals surface area contributed by atoms with Gasteiger partial charge in [0.05, 0.1) is 5.88 Å². The molecule has 0 aliphatic rings. The minimum absolute atomic E-state index is 0.327. The number of hydrogen-bond donors (Lipinski definition) is 0. The SMILES string of the molecule is Cc1ccccc1-c1nnc(CCl)n1-c1ccccc1. The number of aryl methyl sites for hydroxylation is 1. The molecule has 0 saturated heterocycles. The first kappa shape index (κ1) is 12.9. The van der Waals surface area contributed by atoms with E-state index in [-0.39, 0.29) is 0 Å². The zero-order valence-electron chi connectivity index (χ0n) is 11.1. The first-order valence-corrected chi connectivity index (χ1v) is 6.96. The van der Waals surface area contributed by atoms with Crippen molar-refractivity contribution in [2.24, 2.45) is 0 Å². The van der Waals surface area contributed by atoms with Gasteiger partial charge in [-0.2, -0.15) is 0 Å². The highest BCUT2D eigenvalue weighted by molar-refractivity contribution is 6.16. The van der Waals surface area contributed by atoms with Crippen molar-refractivity contribution >= 4 is 11.6 Å². The average molecular weight is 284 g/mol. The van der Waals surface area contributed by atoms with Crippen LogP contribution in [-0.2, 0) is 5.88 Å². The number of benzene rings is 2. The number of rotatable bonds is 3. The molecule has 3 rings (SSSR count). The Bertz CT molecular complexity index is 720. The van der Waals surface area contributed by atoms with Gasteiger partial charge in [-0.1, -0.05) is 42.5 Å². The number of nitrogens with zero attached hydrogens (tertiary/aromatic N) is 3. The fourth-order valence-corrected chi connectivity index (χ4v) is 2.42. The van der Waals surface area contributed by atoms with Gasteiger partial charge in [0.15, 0.2) is 11.6 Å². The zero-order valence-corrected chi connectivity index (χ0v) is 11.9. The van der Waals surface area contributed by atoms with E-state index in [1.807, 2.05) is 47.0 Å². The topological polar surface area (TPSA) is 30.7 Å². The Balaban J connectivity index is 2.24. The van der Waals surface area contributed by atoms with Crippen LogP contribution in [0.5, 0.6) is 0 Å². The van der Waals surface area contributed by atoms with Gasteiger partial charge in [-0.25, -0.2) is 0 Å². The van der Waals surface area contributed by atoms with Gasteiger partial charge in [0.2, 0.25) is 0 Å². The van der Waals surface area contributed by atoms with Crippen molar-refractivity contribution in [3.8, 4) is 17.1 Å². The Kier molecular flexibility index (Phi) is 3.52. The predicted molar refractivity (Wildman–Crippen MR) is 81.1 cm³/mol. The molecule has 0 radical (unpaired) electrons. The van der Waals surface area contributed by atoms with Crippen molar-refractivity contribution in [3.63, 3.8) is 0 Å². The fourth-order valence-electron chi connectivity index (χ4n) is 2.25. The lowest BCUT2D eigenvalue weighted by molar-refractivity contribution is 0.953. The van der Waals surface area contributed by atoms with Gasteiger partial charge in [0.25, 0.3) is 0 Å². The third kappa shape index (κ3) is 2.21. The van der Waals surface area contributed by atoms with Crippen molar-refractivity contribution in [2.45, 2.75) is 12.8 Å². The van der Waals surface area contributed by atoms with Crippen molar-refractivity contribution < 1.29 is 0 Å². The number of aromatic nitrogens is 3. The van der Waals surface area contributed by atoms with E-state index in [0.29, 0.717) is 5.88 Å². The normalized spacial score (nSPS) is 10.7. The third-order valence-corrected chi connectivity index (χ3v) is 3.49. The number of alkyl halides is 1. The average Bonchev–Trinajstić information content (AvgIpc) is 2.92.